The van der Waals surface area contributed by atoms with Gasteiger partial charge in [0, 0.05) is 66.7 Å². The summed E-state index contributed by atoms with van der Waals surface area (Å²) in [7, 11) is -2.09. The summed E-state index contributed by atoms with van der Waals surface area (Å²) in [6.07, 6.45) is 17.6. The van der Waals surface area contributed by atoms with Gasteiger partial charge in [-0.3, -0.25) is 18.9 Å². The summed E-state index contributed by atoms with van der Waals surface area (Å²) in [5, 5.41) is 22.0. The minimum Gasteiger partial charge on any atom is -0.450 e. The Balaban J connectivity index is 1.54. The van der Waals surface area contributed by atoms with E-state index < -0.39 is 50.2 Å². The Kier molecular flexibility index (Phi) is 26.4. The van der Waals surface area contributed by atoms with Crippen LogP contribution < -0.4 is 21.3 Å². The largest absolute Gasteiger partial charge is 0.450 e. The fourth-order valence-electron chi connectivity index (χ4n) is 6.29. The van der Waals surface area contributed by atoms with Crippen LogP contribution >= 0.6 is 43.0 Å². The number of hydrogen-bond acceptors (Lipinski definition) is 10. The molecular formula is C36H69N6O8PS3. The molecule has 5 atom stereocenters. The number of nitrogens with one attached hydrogen (secondary N) is 4. The molecule has 2 heterocycles. The number of alkyl carbamates (subject to hydrolysis) is 1. The summed E-state index contributed by atoms with van der Waals surface area (Å²) in [6, 6.07) is -2.20. The molecule has 0 aromatic rings. The highest BCUT2D eigenvalue weighted by Crippen LogP contribution is 2.54. The lowest BCUT2D eigenvalue weighted by Gasteiger charge is -2.30. The molecule has 4 amide bonds. The second-order valence-corrected chi connectivity index (χ2v) is 20.4. The number of nitrogens with zero attached hydrogens (tertiary/aromatic N) is 2. The zero-order valence-corrected chi connectivity index (χ0v) is 36.2. The van der Waals surface area contributed by atoms with E-state index in [1.165, 1.54) is 94.0 Å². The fraction of sp³-hybridized carbons (Fsp3) is 0.889. The monoisotopic (exact) mass is 840 g/mol. The molecule has 0 radical (unpaired) electrons. The standard InChI is InChI=1S/C36H69N6O8PS3/c1-4-5-6-7-8-9-10-11-12-13-14-15-16-17-22-50-36(47)38-20-23-52-27-31(39-29(2)44)35(46)40-30(26-43)34(45)37-19-18-21-41(3)51(48,49)42-24-32-33(25-42)54-28-53-32/h30-33,43H,4-28H2,1-3H3,(H,37,45)(H,38,47)(H,39,44)(H,40,46)(H,48,49)/t30-,31-,32+,33?/m0/s1. The molecule has 0 bridgehead atoms. The molecule has 314 valence electrons. The van der Waals surface area contributed by atoms with Crippen molar-refractivity contribution in [1.29, 1.82) is 0 Å². The topological polar surface area (TPSA) is 190 Å². The Hall–Kier alpha value is -1.20. The van der Waals surface area contributed by atoms with Gasteiger partial charge in [0.15, 0.2) is 0 Å². The van der Waals surface area contributed by atoms with E-state index in [4.69, 9.17) is 4.74 Å². The van der Waals surface area contributed by atoms with Gasteiger partial charge >= 0.3 is 13.8 Å². The Morgan fingerprint density at radius 1 is 0.833 bits per heavy atom. The highest BCUT2D eigenvalue weighted by molar-refractivity contribution is 8.20. The summed E-state index contributed by atoms with van der Waals surface area (Å²) in [5.74, 6) is -1.00. The van der Waals surface area contributed by atoms with Gasteiger partial charge in [0.1, 0.15) is 12.1 Å². The van der Waals surface area contributed by atoms with Crippen LogP contribution in [0.4, 0.5) is 4.79 Å². The molecular weight excluding hydrogens is 772 g/mol. The maximum atomic E-state index is 13.1. The smallest absolute Gasteiger partial charge is 0.407 e. The Bertz CT molecular complexity index is 1140. The highest BCUT2D eigenvalue weighted by Gasteiger charge is 2.45. The van der Waals surface area contributed by atoms with Crippen molar-refractivity contribution in [2.75, 3.05) is 69.6 Å². The van der Waals surface area contributed by atoms with E-state index in [0.29, 0.717) is 48.9 Å². The predicted molar refractivity (Wildman–Crippen MR) is 223 cm³/mol. The van der Waals surface area contributed by atoms with Gasteiger partial charge in [-0.2, -0.15) is 11.8 Å². The van der Waals surface area contributed by atoms with Crippen molar-refractivity contribution in [3.8, 4) is 0 Å². The van der Waals surface area contributed by atoms with Gasteiger partial charge in [-0.1, -0.05) is 90.4 Å². The van der Waals surface area contributed by atoms with Crippen molar-refractivity contribution in [1.82, 2.24) is 30.6 Å². The molecule has 2 rings (SSSR count). The quantitative estimate of drug-likeness (QED) is 0.0408. The maximum absolute atomic E-state index is 13.1. The third-order valence-corrected chi connectivity index (χ3v) is 15.9. The van der Waals surface area contributed by atoms with E-state index in [1.54, 1.807) is 11.7 Å². The fourth-order valence-corrected chi connectivity index (χ4v) is 12.4. The first-order chi connectivity index (χ1) is 26.0. The molecule has 0 spiro atoms. The van der Waals surface area contributed by atoms with E-state index in [2.05, 4.69) is 28.2 Å². The molecule has 54 heavy (non-hydrogen) atoms. The normalized spacial score (nSPS) is 19.1. The summed E-state index contributed by atoms with van der Waals surface area (Å²) in [5.41, 5.74) is 0. The number of thioether (sulfide) groups is 3. The van der Waals surface area contributed by atoms with E-state index in [-0.39, 0.29) is 18.8 Å². The molecule has 2 fully saturated rings. The minimum absolute atomic E-state index is 0.173. The molecule has 2 unspecified atom stereocenters. The number of unbranched alkanes of at least 4 members (excludes halogenated alkanes) is 13. The van der Waals surface area contributed by atoms with Gasteiger partial charge in [0.25, 0.3) is 0 Å². The summed E-state index contributed by atoms with van der Waals surface area (Å²) in [4.78, 5) is 60.3. The van der Waals surface area contributed by atoms with E-state index in [9.17, 15) is 33.7 Å². The van der Waals surface area contributed by atoms with Crippen LogP contribution in [0.15, 0.2) is 0 Å². The molecule has 0 aromatic heterocycles. The summed E-state index contributed by atoms with van der Waals surface area (Å²) < 4.78 is 21.5. The van der Waals surface area contributed by atoms with Crippen LogP contribution in [-0.4, -0.2) is 135 Å². The number of rotatable bonds is 31. The van der Waals surface area contributed by atoms with Crippen LogP contribution in [-0.2, 0) is 23.7 Å². The molecule has 2 aliphatic rings. The Morgan fingerprint density at radius 2 is 1.41 bits per heavy atom. The molecule has 6 N–H and O–H groups in total. The predicted octanol–water partition coefficient (Wildman–Crippen LogP) is 4.94. The van der Waals surface area contributed by atoms with Crippen molar-refractivity contribution in [2.24, 2.45) is 0 Å². The van der Waals surface area contributed by atoms with Crippen molar-refractivity contribution in [3.63, 3.8) is 0 Å². The summed E-state index contributed by atoms with van der Waals surface area (Å²) >= 11 is 5.00. The van der Waals surface area contributed by atoms with Crippen LogP contribution in [0.25, 0.3) is 0 Å². The summed E-state index contributed by atoms with van der Waals surface area (Å²) in [6.45, 7) is 5.18. The number of aliphatic hydroxyl groups is 1. The van der Waals surface area contributed by atoms with Crippen molar-refractivity contribution < 1.29 is 38.5 Å². The third-order valence-electron chi connectivity index (χ3n) is 9.57. The molecule has 14 nitrogen and oxygen atoms in total. The van der Waals surface area contributed by atoms with Crippen LogP contribution in [0.5, 0.6) is 0 Å². The van der Waals surface area contributed by atoms with Crippen LogP contribution in [0, 0.1) is 0 Å². The van der Waals surface area contributed by atoms with Crippen molar-refractivity contribution in [3.05, 3.63) is 0 Å². The zero-order valence-electron chi connectivity index (χ0n) is 32.9. The van der Waals surface area contributed by atoms with Gasteiger partial charge < -0.3 is 36.0 Å². The van der Waals surface area contributed by atoms with Gasteiger partial charge in [-0.15, -0.1) is 23.5 Å². The van der Waals surface area contributed by atoms with Crippen molar-refractivity contribution >= 4 is 66.8 Å². The molecule has 0 saturated carbocycles. The van der Waals surface area contributed by atoms with Gasteiger partial charge in [-0.05, 0) is 19.9 Å². The number of fused-ring (bicyclic) bond motifs is 1. The maximum Gasteiger partial charge on any atom is 0.407 e. The number of aliphatic hydroxyl groups excluding tert-OH is 1. The van der Waals surface area contributed by atoms with Crippen molar-refractivity contribution in [2.45, 2.75) is 133 Å². The molecule has 0 aromatic carbocycles. The second-order valence-electron chi connectivity index (χ2n) is 14.2. The lowest BCUT2D eigenvalue weighted by Crippen LogP contribution is -2.55. The number of hydrogen-bond donors (Lipinski definition) is 6. The second kappa shape index (κ2) is 29.1. The first kappa shape index (κ1) is 48.9. The first-order valence-corrected chi connectivity index (χ1v) is 24.8. The average Bonchev–Trinajstić information content (AvgIpc) is 3.77. The number of carbonyl (C=O) groups is 4. The van der Waals surface area contributed by atoms with Gasteiger partial charge in [0.05, 0.1) is 13.2 Å². The van der Waals surface area contributed by atoms with Crippen LogP contribution in [0.2, 0.25) is 0 Å². The van der Waals surface area contributed by atoms with Gasteiger partial charge in [0.2, 0.25) is 17.7 Å². The molecule has 18 heteroatoms. The average molecular weight is 841 g/mol. The molecule has 2 saturated heterocycles. The number of carbonyl (C=O) groups excluding carboxylic acids is 4. The zero-order chi connectivity index (χ0) is 39.6. The Labute approximate surface area is 336 Å². The number of amides is 4. The minimum atomic E-state index is -3.68. The number of ether oxygens (including phenoxy) is 1. The highest BCUT2D eigenvalue weighted by atomic mass is 32.2. The lowest BCUT2D eigenvalue weighted by atomic mass is 10.0. The van der Waals surface area contributed by atoms with E-state index in [1.807, 2.05) is 23.5 Å². The van der Waals surface area contributed by atoms with Crippen LogP contribution in [0.1, 0.15) is 110 Å². The SMILES string of the molecule is CCCCCCCCCCCCCCCCOC(=O)NCCSC[C@H](NC(C)=O)C(=O)N[C@@H](CO)C(=O)NCCCN(C)P(=O)(O)N1CC2SCS[C@@H]2C1. The van der Waals surface area contributed by atoms with Gasteiger partial charge in [-0.25, -0.2) is 14.1 Å². The first-order valence-electron chi connectivity index (χ1n) is 20.0. The van der Waals surface area contributed by atoms with E-state index >= 15 is 0 Å². The Morgan fingerprint density at radius 3 is 1.96 bits per heavy atom. The molecule has 0 aliphatic carbocycles. The van der Waals surface area contributed by atoms with Crippen LogP contribution in [0.3, 0.4) is 0 Å². The van der Waals surface area contributed by atoms with E-state index in [0.717, 1.165) is 24.3 Å². The lowest BCUT2D eigenvalue weighted by molar-refractivity contribution is -0.132. The molecule has 2 aliphatic heterocycles. The third kappa shape index (κ3) is 20.3.